The van der Waals surface area contributed by atoms with Crippen molar-refractivity contribution in [3.05, 3.63) is 24.3 Å². The Hall–Kier alpha value is -1.80. The highest BCUT2D eigenvalue weighted by Gasteiger charge is 2.17. The van der Waals surface area contributed by atoms with Crippen molar-refractivity contribution in [3.63, 3.8) is 0 Å². The number of nitrogens with one attached hydrogen (secondary N) is 1. The van der Waals surface area contributed by atoms with Gasteiger partial charge in [-0.1, -0.05) is 0 Å². The molecule has 1 aromatic rings. The van der Waals surface area contributed by atoms with Gasteiger partial charge in [-0.05, 0) is 44.0 Å². The molecule has 0 aromatic heterocycles. The summed E-state index contributed by atoms with van der Waals surface area (Å²) >= 11 is 0. The number of ether oxygens (including phenoxy) is 2. The number of carbonyl (C=O) groups excluding carboxylic acids is 1. The summed E-state index contributed by atoms with van der Waals surface area (Å²) in [7, 11) is -1.87. The van der Waals surface area contributed by atoms with Crippen LogP contribution in [0, 0.1) is 0 Å². The Morgan fingerprint density at radius 2 is 1.88 bits per heavy atom. The number of amides is 1. The Morgan fingerprint density at radius 3 is 2.44 bits per heavy atom. The van der Waals surface area contributed by atoms with Gasteiger partial charge in [0.15, 0.2) is 0 Å². The molecule has 142 valence electrons. The zero-order valence-electron chi connectivity index (χ0n) is 15.2. The van der Waals surface area contributed by atoms with E-state index in [2.05, 4.69) is 5.32 Å². The third kappa shape index (κ3) is 8.22. The van der Waals surface area contributed by atoms with E-state index in [1.54, 1.807) is 31.4 Å². The molecule has 1 rings (SSSR count). The molecule has 1 amide bonds. The molecule has 0 aliphatic rings. The molecular formula is C17H28N2O5S. The molecule has 0 spiro atoms. The summed E-state index contributed by atoms with van der Waals surface area (Å²) in [6, 6.07) is 6.79. The first-order valence-electron chi connectivity index (χ1n) is 8.34. The van der Waals surface area contributed by atoms with Crippen LogP contribution in [-0.2, 0) is 19.6 Å². The number of nitrogens with zero attached hydrogens (tertiary/aromatic N) is 1. The van der Waals surface area contributed by atoms with Gasteiger partial charge in [-0.3, -0.25) is 9.10 Å². The average molecular weight is 372 g/mol. The molecule has 0 aliphatic carbocycles. The predicted octanol–water partition coefficient (Wildman–Crippen LogP) is 1.78. The molecule has 0 atom stereocenters. The monoisotopic (exact) mass is 372 g/mol. The van der Waals surface area contributed by atoms with Crippen LogP contribution in [-0.4, -0.2) is 54.0 Å². The highest BCUT2D eigenvalue weighted by atomic mass is 32.2. The van der Waals surface area contributed by atoms with E-state index in [-0.39, 0.29) is 18.9 Å². The first-order chi connectivity index (χ1) is 11.9. The van der Waals surface area contributed by atoms with Gasteiger partial charge < -0.3 is 14.8 Å². The van der Waals surface area contributed by atoms with Crippen molar-refractivity contribution in [2.45, 2.75) is 26.2 Å². The van der Waals surface area contributed by atoms with Crippen molar-refractivity contribution in [1.29, 1.82) is 0 Å². The van der Waals surface area contributed by atoms with Crippen molar-refractivity contribution in [1.82, 2.24) is 5.32 Å². The summed E-state index contributed by atoms with van der Waals surface area (Å²) in [6.45, 7) is 4.02. The van der Waals surface area contributed by atoms with Gasteiger partial charge in [-0.2, -0.15) is 0 Å². The molecule has 1 aromatic carbocycles. The molecule has 1 N–H and O–H groups in total. The van der Waals surface area contributed by atoms with Gasteiger partial charge >= 0.3 is 0 Å². The normalized spacial score (nSPS) is 11.2. The number of anilines is 1. The highest BCUT2D eigenvalue weighted by Crippen LogP contribution is 2.21. The summed E-state index contributed by atoms with van der Waals surface area (Å²) in [4.78, 5) is 11.8. The van der Waals surface area contributed by atoms with Gasteiger partial charge in [0.2, 0.25) is 15.9 Å². The van der Waals surface area contributed by atoms with Crippen molar-refractivity contribution in [3.8, 4) is 5.75 Å². The van der Waals surface area contributed by atoms with E-state index in [0.717, 1.165) is 12.7 Å². The molecule has 0 saturated heterocycles. The fourth-order valence-corrected chi connectivity index (χ4v) is 3.22. The smallest absolute Gasteiger partial charge is 0.232 e. The van der Waals surface area contributed by atoms with Crippen LogP contribution in [0.5, 0.6) is 5.75 Å². The van der Waals surface area contributed by atoms with Crippen molar-refractivity contribution < 1.29 is 22.7 Å². The molecular weight excluding hydrogens is 344 g/mol. The molecule has 0 radical (unpaired) electrons. The molecule has 0 heterocycles. The molecule has 0 unspecified atom stereocenters. The molecule has 0 bridgehead atoms. The van der Waals surface area contributed by atoms with Gasteiger partial charge in [0.05, 0.1) is 19.1 Å². The van der Waals surface area contributed by atoms with E-state index in [4.69, 9.17) is 9.47 Å². The largest absolute Gasteiger partial charge is 0.497 e. The van der Waals surface area contributed by atoms with Crippen LogP contribution < -0.4 is 14.4 Å². The minimum Gasteiger partial charge on any atom is -0.497 e. The second-order valence-corrected chi connectivity index (χ2v) is 7.44. The van der Waals surface area contributed by atoms with Crippen LogP contribution in [0.15, 0.2) is 24.3 Å². The Bertz CT molecular complexity index is 616. The third-order valence-corrected chi connectivity index (χ3v) is 4.71. The lowest BCUT2D eigenvalue weighted by Gasteiger charge is -2.22. The number of carbonyl (C=O) groups is 1. The average Bonchev–Trinajstić information content (AvgIpc) is 2.57. The Balaban J connectivity index is 2.47. The molecule has 7 nitrogen and oxygen atoms in total. The number of rotatable bonds is 12. The fourth-order valence-electron chi connectivity index (χ4n) is 2.25. The number of methoxy groups -OCH3 is 1. The molecule has 0 aliphatic heterocycles. The van der Waals surface area contributed by atoms with Gasteiger partial charge in [0.1, 0.15) is 5.75 Å². The maximum absolute atomic E-state index is 12.0. The summed E-state index contributed by atoms with van der Waals surface area (Å²) in [5, 5.41) is 2.81. The van der Waals surface area contributed by atoms with E-state index in [0.29, 0.717) is 37.6 Å². The molecule has 8 heteroatoms. The Labute approximate surface area is 150 Å². The molecule has 25 heavy (non-hydrogen) atoms. The van der Waals surface area contributed by atoms with Crippen molar-refractivity contribution >= 4 is 21.6 Å². The number of hydrogen-bond acceptors (Lipinski definition) is 5. The lowest BCUT2D eigenvalue weighted by Crippen LogP contribution is -2.32. The zero-order valence-corrected chi connectivity index (χ0v) is 16.0. The number of benzene rings is 1. The highest BCUT2D eigenvalue weighted by molar-refractivity contribution is 7.92. The van der Waals surface area contributed by atoms with Gasteiger partial charge in [-0.25, -0.2) is 8.42 Å². The second-order valence-electron chi connectivity index (χ2n) is 5.54. The summed E-state index contributed by atoms with van der Waals surface area (Å²) in [6.07, 6.45) is 2.64. The van der Waals surface area contributed by atoms with E-state index in [1.165, 1.54) is 4.31 Å². The lowest BCUT2D eigenvalue weighted by molar-refractivity contribution is -0.121. The maximum Gasteiger partial charge on any atom is 0.232 e. The first-order valence-corrected chi connectivity index (χ1v) is 10.2. The maximum atomic E-state index is 12.0. The summed E-state index contributed by atoms with van der Waals surface area (Å²) in [5.41, 5.74) is 0.556. The van der Waals surface area contributed by atoms with E-state index in [9.17, 15) is 13.2 Å². The quantitative estimate of drug-likeness (QED) is 0.566. The van der Waals surface area contributed by atoms with E-state index < -0.39 is 10.0 Å². The van der Waals surface area contributed by atoms with Crippen molar-refractivity contribution in [2.24, 2.45) is 0 Å². The minimum absolute atomic E-state index is 0.0836. The zero-order chi connectivity index (χ0) is 18.7. The number of sulfonamides is 1. The summed E-state index contributed by atoms with van der Waals surface area (Å²) in [5.74, 6) is 0.573. The van der Waals surface area contributed by atoms with Crippen LogP contribution in [0.3, 0.4) is 0 Å². The van der Waals surface area contributed by atoms with Crippen molar-refractivity contribution in [2.75, 3.05) is 44.0 Å². The van der Waals surface area contributed by atoms with Crippen LogP contribution in [0.4, 0.5) is 5.69 Å². The van der Waals surface area contributed by atoms with Gasteiger partial charge in [0, 0.05) is 32.7 Å². The Kier molecular flexibility index (Phi) is 9.30. The third-order valence-electron chi connectivity index (χ3n) is 3.52. The fraction of sp³-hybridized carbons (Fsp3) is 0.588. The van der Waals surface area contributed by atoms with Gasteiger partial charge in [-0.15, -0.1) is 0 Å². The van der Waals surface area contributed by atoms with Gasteiger partial charge in [0.25, 0.3) is 0 Å². The molecule has 0 fully saturated rings. The lowest BCUT2D eigenvalue weighted by atomic mass is 10.2. The van der Waals surface area contributed by atoms with E-state index in [1.807, 2.05) is 6.92 Å². The topological polar surface area (TPSA) is 84.9 Å². The minimum atomic E-state index is -3.42. The van der Waals surface area contributed by atoms with Crippen LogP contribution >= 0.6 is 0 Å². The van der Waals surface area contributed by atoms with E-state index >= 15 is 0 Å². The van der Waals surface area contributed by atoms with Crippen LogP contribution in [0.1, 0.15) is 26.2 Å². The number of hydrogen-bond donors (Lipinski definition) is 1. The van der Waals surface area contributed by atoms with Crippen LogP contribution in [0.25, 0.3) is 0 Å². The summed E-state index contributed by atoms with van der Waals surface area (Å²) < 4.78 is 35.6. The molecule has 0 saturated carbocycles. The Morgan fingerprint density at radius 1 is 1.20 bits per heavy atom. The van der Waals surface area contributed by atoms with Crippen LogP contribution in [0.2, 0.25) is 0 Å². The SMILES string of the molecule is CCOCCCNC(=O)CCCN(c1ccc(OC)cc1)S(C)(=O)=O. The predicted molar refractivity (Wildman–Crippen MR) is 98.5 cm³/mol. The first kappa shape index (κ1) is 21.2. The second kappa shape index (κ2) is 10.9. The standard InChI is InChI=1S/C17H28N2O5S/c1-4-24-14-6-12-18-17(20)7-5-13-19(25(3,21)22)15-8-10-16(23-2)11-9-15/h8-11H,4-7,12-14H2,1-3H3,(H,18,20).